The number of nitrogens with zero attached hydrogens (tertiary/aromatic N) is 5. The van der Waals surface area contributed by atoms with Crippen LogP contribution in [0.5, 0.6) is 0 Å². The van der Waals surface area contributed by atoms with Crippen LogP contribution >= 0.6 is 0 Å². The summed E-state index contributed by atoms with van der Waals surface area (Å²) in [5.41, 5.74) is 3.69. The molecule has 1 heterocycles. The number of carbonyl (C=O) groups excluding carboxylic acids is 1. The van der Waals surface area contributed by atoms with Crippen molar-refractivity contribution in [3.05, 3.63) is 65.8 Å². The minimum atomic E-state index is 0.205. The second kappa shape index (κ2) is 22.5. The Morgan fingerprint density at radius 1 is 1.11 bits per heavy atom. The van der Waals surface area contributed by atoms with Crippen molar-refractivity contribution in [3.63, 3.8) is 0 Å². The van der Waals surface area contributed by atoms with Gasteiger partial charge in [0, 0.05) is 69.6 Å². The molecule has 7 heteroatoms. The van der Waals surface area contributed by atoms with Gasteiger partial charge >= 0.3 is 0 Å². The van der Waals surface area contributed by atoms with Crippen LogP contribution in [0.3, 0.4) is 0 Å². The highest BCUT2D eigenvalue weighted by Gasteiger charge is 2.48. The quantitative estimate of drug-likeness (QED) is 0.0380. The summed E-state index contributed by atoms with van der Waals surface area (Å²) < 4.78 is 5.16. The first kappa shape index (κ1) is 40.0. The normalized spacial score (nSPS) is 17.2. The third kappa shape index (κ3) is 13.5. The van der Waals surface area contributed by atoms with Crippen molar-refractivity contribution < 1.29 is 9.53 Å². The summed E-state index contributed by atoms with van der Waals surface area (Å²) >= 11 is 0. The van der Waals surface area contributed by atoms with E-state index in [-0.39, 0.29) is 11.3 Å². The van der Waals surface area contributed by atoms with E-state index < -0.39 is 0 Å². The molecule has 1 unspecified atom stereocenters. The molecule has 1 aliphatic carbocycles. The molecular formula is C38H63N5O2. The second-order valence-electron chi connectivity index (χ2n) is 11.8. The zero-order chi connectivity index (χ0) is 33.7. The molecule has 1 aromatic rings. The van der Waals surface area contributed by atoms with Crippen molar-refractivity contribution in [1.82, 2.24) is 9.80 Å². The van der Waals surface area contributed by atoms with Gasteiger partial charge in [0.2, 0.25) is 0 Å². The Labute approximate surface area is 275 Å². The first-order valence-corrected chi connectivity index (χ1v) is 17.0. The number of hydrogen-bond acceptors (Lipinski definition) is 6. The lowest BCUT2D eigenvalue weighted by atomic mass is 9.87. The van der Waals surface area contributed by atoms with Crippen LogP contribution in [0.25, 0.3) is 0 Å². The minimum Gasteiger partial charge on any atom is -0.380 e. The van der Waals surface area contributed by atoms with Crippen LogP contribution in [0.4, 0.5) is 5.69 Å². The van der Waals surface area contributed by atoms with Gasteiger partial charge in [0.05, 0.1) is 6.61 Å². The number of carbonyl (C=O) groups is 1. The van der Waals surface area contributed by atoms with Gasteiger partial charge < -0.3 is 24.2 Å². The molecule has 252 valence electrons. The summed E-state index contributed by atoms with van der Waals surface area (Å²) in [6.07, 6.45) is 18.5. The third-order valence-electron chi connectivity index (χ3n) is 8.61. The smallest absolute Gasteiger partial charge is 0.158 e. The Bertz CT molecular complexity index is 1100. The Morgan fingerprint density at radius 2 is 1.80 bits per heavy atom. The fourth-order valence-corrected chi connectivity index (χ4v) is 5.59. The highest BCUT2D eigenvalue weighted by Crippen LogP contribution is 2.53. The van der Waals surface area contributed by atoms with Crippen molar-refractivity contribution in [2.24, 2.45) is 27.5 Å². The molecule has 0 spiro atoms. The largest absolute Gasteiger partial charge is 0.380 e. The fourth-order valence-electron chi connectivity index (χ4n) is 5.59. The van der Waals surface area contributed by atoms with E-state index >= 15 is 0 Å². The number of rotatable bonds is 15. The van der Waals surface area contributed by atoms with Gasteiger partial charge in [0.1, 0.15) is 6.29 Å². The summed E-state index contributed by atoms with van der Waals surface area (Å²) in [4.78, 5) is 17.9. The fraction of sp³-hybridized carbons (Fsp3) is 0.605. The lowest BCUT2D eigenvalue weighted by Crippen LogP contribution is -2.36. The maximum atomic E-state index is 11.1. The molecule has 7 nitrogen and oxygen atoms in total. The van der Waals surface area contributed by atoms with Crippen LogP contribution < -0.4 is 4.90 Å². The van der Waals surface area contributed by atoms with Crippen molar-refractivity contribution >= 4 is 24.5 Å². The maximum Gasteiger partial charge on any atom is 0.158 e. The number of ether oxygens (including phenoxy) is 1. The monoisotopic (exact) mass is 621 g/mol. The average molecular weight is 622 g/mol. The van der Waals surface area contributed by atoms with E-state index in [4.69, 9.17) is 4.74 Å². The Kier molecular flexibility index (Phi) is 20.0. The van der Waals surface area contributed by atoms with Crippen LogP contribution in [-0.2, 0) is 9.53 Å². The van der Waals surface area contributed by atoms with Gasteiger partial charge in [0.15, 0.2) is 5.84 Å². The van der Waals surface area contributed by atoms with E-state index in [9.17, 15) is 4.79 Å². The Hall–Kier alpha value is -3.03. The molecule has 0 radical (unpaired) electrons. The van der Waals surface area contributed by atoms with Gasteiger partial charge in [-0.15, -0.1) is 5.10 Å². The lowest BCUT2D eigenvalue weighted by molar-refractivity contribution is -0.111. The number of aryl methyl sites for hydroxylation is 1. The number of hydrogen-bond donors (Lipinski definition) is 0. The molecule has 2 aliphatic rings. The van der Waals surface area contributed by atoms with Crippen LogP contribution in [0.2, 0.25) is 0 Å². The minimum absolute atomic E-state index is 0.205. The van der Waals surface area contributed by atoms with E-state index in [0.717, 1.165) is 76.5 Å². The predicted octanol–water partition coefficient (Wildman–Crippen LogP) is 7.81. The second-order valence-corrected chi connectivity index (χ2v) is 11.8. The highest BCUT2D eigenvalue weighted by molar-refractivity contribution is 6.00. The molecule has 0 bridgehead atoms. The predicted molar refractivity (Wildman–Crippen MR) is 196 cm³/mol. The molecule has 45 heavy (non-hydrogen) atoms. The van der Waals surface area contributed by atoms with E-state index in [1.54, 1.807) is 0 Å². The number of benzene rings is 1. The van der Waals surface area contributed by atoms with Crippen LogP contribution in [0.1, 0.15) is 78.4 Å². The molecule has 0 aromatic heterocycles. The van der Waals surface area contributed by atoms with Crippen LogP contribution in [-0.4, -0.2) is 88.7 Å². The first-order chi connectivity index (χ1) is 21.8. The van der Waals surface area contributed by atoms with E-state index in [1.165, 1.54) is 24.1 Å². The number of allylic oxidation sites excluding steroid dienone is 6. The van der Waals surface area contributed by atoms with Crippen LogP contribution in [0, 0.1) is 24.2 Å². The van der Waals surface area contributed by atoms with Gasteiger partial charge in [-0.05, 0) is 96.1 Å². The summed E-state index contributed by atoms with van der Waals surface area (Å²) in [6, 6.07) is 6.57. The van der Waals surface area contributed by atoms with Gasteiger partial charge in [-0.25, -0.2) is 0 Å². The number of anilines is 1. The molecule has 1 saturated carbocycles. The number of aldehydes is 1. The first-order valence-electron chi connectivity index (χ1n) is 17.0. The van der Waals surface area contributed by atoms with Crippen molar-refractivity contribution in [2.75, 3.05) is 64.9 Å². The van der Waals surface area contributed by atoms with E-state index in [2.05, 4.69) is 121 Å². The van der Waals surface area contributed by atoms with Gasteiger partial charge in [0.25, 0.3) is 0 Å². The molecule has 1 atom stereocenters. The number of amidine groups is 1. The Morgan fingerprint density at radius 3 is 2.31 bits per heavy atom. The lowest BCUT2D eigenvalue weighted by Gasteiger charge is -2.33. The third-order valence-corrected chi connectivity index (χ3v) is 8.61. The zero-order valence-electron chi connectivity index (χ0n) is 30.0. The van der Waals surface area contributed by atoms with Crippen molar-refractivity contribution in [1.29, 1.82) is 0 Å². The van der Waals surface area contributed by atoms with Crippen molar-refractivity contribution in [2.45, 2.75) is 74.1 Å². The molecule has 0 N–H and O–H groups in total. The van der Waals surface area contributed by atoms with E-state index in [0.29, 0.717) is 5.92 Å². The summed E-state index contributed by atoms with van der Waals surface area (Å²) in [5.74, 6) is 1.46. The molecule has 2 fully saturated rings. The zero-order valence-corrected chi connectivity index (χ0v) is 30.0. The van der Waals surface area contributed by atoms with Crippen LogP contribution in [0.15, 0.2) is 64.9 Å². The standard InChI is InChI=1S/C29H40N4O.C7H17NO.C2H6/c1-6-8-9-11-25(10-7-2)29(16-17-29)22-32(5)28(31-30-4)27-13-12-26(20-23(27)3)33-18-14-24(21-34)15-19-33;1-4-8(3)6-7-9-5-2;1-2/h6-13,20-21,24-25H,4,14-19,22H2,1-3,5H3;4-7H2,1-3H3;1-2H3/b8-6-,10-7?,11-9-,31-28-;;. The molecule has 1 aromatic carbocycles. The average Bonchev–Trinajstić information content (AvgIpc) is 3.85. The summed E-state index contributed by atoms with van der Waals surface area (Å²) in [6.45, 7) is 24.7. The maximum absolute atomic E-state index is 11.1. The molecule has 1 aliphatic heterocycles. The van der Waals surface area contributed by atoms with Gasteiger partial charge in [-0.2, -0.15) is 5.10 Å². The SMILES string of the molecule is C=N/N=C(/c1ccc(N2CCC(C=O)CC2)cc1C)N(C)CC1(C(C=CC)/C=C\C=C/C)CC1.CC.CCOCCN(C)CC. The van der Waals surface area contributed by atoms with Gasteiger partial charge in [-0.3, -0.25) is 0 Å². The Balaban J connectivity index is 0.000000792. The van der Waals surface area contributed by atoms with Crippen molar-refractivity contribution in [3.8, 4) is 0 Å². The topological polar surface area (TPSA) is 60.7 Å². The molecule has 1 saturated heterocycles. The molecule has 3 rings (SSSR count). The summed E-state index contributed by atoms with van der Waals surface area (Å²) in [7, 11) is 4.21. The van der Waals surface area contributed by atoms with E-state index in [1.807, 2.05) is 27.7 Å². The summed E-state index contributed by atoms with van der Waals surface area (Å²) in [5, 5.41) is 8.38. The van der Waals surface area contributed by atoms with Gasteiger partial charge in [-0.1, -0.05) is 57.2 Å². The number of likely N-dealkylation sites (N-methyl/N-ethyl adjacent to an activating group) is 1. The molecular weight excluding hydrogens is 558 g/mol. The highest BCUT2D eigenvalue weighted by atomic mass is 16.5. The molecule has 0 amide bonds. The number of piperidine rings is 1.